The Morgan fingerprint density at radius 3 is 1.97 bits per heavy atom. The van der Waals surface area contributed by atoms with Crippen molar-refractivity contribution in [2.24, 2.45) is 10.8 Å². The molecule has 2 aliphatic carbocycles. The normalized spacial score (nSPS) is 20.8. The lowest BCUT2D eigenvalue weighted by atomic mass is 9.64. The second-order valence-corrected chi connectivity index (χ2v) is 12.2. The Bertz CT molecular complexity index is 1250. The Hall–Kier alpha value is -3.34. The van der Waals surface area contributed by atoms with Gasteiger partial charge >= 0.3 is 0 Å². The fourth-order valence-corrected chi connectivity index (χ4v) is 6.13. The number of benzene rings is 2. The Balaban J connectivity index is 1.51. The predicted octanol–water partition coefficient (Wildman–Crippen LogP) is 6.29. The third-order valence-electron chi connectivity index (χ3n) is 7.73. The van der Waals surface area contributed by atoms with Gasteiger partial charge in [-0.15, -0.1) is 0 Å². The van der Waals surface area contributed by atoms with E-state index in [2.05, 4.69) is 45.1 Å². The molecule has 5 rings (SSSR count). The van der Waals surface area contributed by atoms with Crippen molar-refractivity contribution in [3.05, 3.63) is 82.2 Å². The van der Waals surface area contributed by atoms with E-state index in [1.807, 2.05) is 36.4 Å². The number of hydrogen-bond acceptors (Lipinski definition) is 5. The van der Waals surface area contributed by atoms with Gasteiger partial charge in [-0.25, -0.2) is 0 Å². The quantitative estimate of drug-likeness (QED) is 0.506. The number of allylic oxidation sites excluding steroid dienone is 4. The van der Waals surface area contributed by atoms with Crippen molar-refractivity contribution < 1.29 is 19.1 Å². The summed E-state index contributed by atoms with van der Waals surface area (Å²) in [5.74, 6) is 1.13. The zero-order chi connectivity index (χ0) is 26.4. The smallest absolute Gasteiger partial charge is 0.162 e. The summed E-state index contributed by atoms with van der Waals surface area (Å²) in [5, 5.41) is 3.57. The molecule has 1 aliphatic heterocycles. The van der Waals surface area contributed by atoms with Crippen molar-refractivity contribution in [2.75, 3.05) is 13.7 Å². The van der Waals surface area contributed by atoms with Crippen LogP contribution in [0.15, 0.2) is 71.1 Å². The van der Waals surface area contributed by atoms with Crippen molar-refractivity contribution in [2.45, 2.75) is 65.7 Å². The van der Waals surface area contributed by atoms with E-state index in [9.17, 15) is 9.59 Å². The van der Waals surface area contributed by atoms with Gasteiger partial charge in [-0.1, -0.05) is 64.1 Å². The van der Waals surface area contributed by atoms with Crippen LogP contribution >= 0.6 is 0 Å². The molecule has 2 aromatic rings. The summed E-state index contributed by atoms with van der Waals surface area (Å²) in [6, 6.07) is 16.1. The molecule has 0 radical (unpaired) electrons. The molecule has 2 aromatic carbocycles. The molecule has 0 aromatic heterocycles. The standard InChI is InChI=1S/C32H37NO4/c1-31(2)16-22-29(24(34)18-31)28(30-23(33-22)17-32(3,4)19-25(30)35)21-11-12-26(27(15-21)36-5)37-14-13-20-9-7-6-8-10-20/h6-12,15,28,33H,13-14,16-19H2,1-5H3. The molecule has 5 heteroatoms. The second-order valence-electron chi connectivity index (χ2n) is 12.2. The first-order valence-electron chi connectivity index (χ1n) is 13.2. The number of carbonyl (C=O) groups is 2. The average Bonchev–Trinajstić information content (AvgIpc) is 2.82. The van der Waals surface area contributed by atoms with Gasteiger partial charge in [-0.05, 0) is 46.9 Å². The molecule has 3 aliphatic rings. The van der Waals surface area contributed by atoms with Gasteiger partial charge in [0.15, 0.2) is 23.1 Å². The van der Waals surface area contributed by atoms with Crippen LogP contribution in [0.25, 0.3) is 0 Å². The summed E-state index contributed by atoms with van der Waals surface area (Å²) in [4.78, 5) is 27.1. The molecule has 0 spiro atoms. The van der Waals surface area contributed by atoms with Crippen LogP contribution in [0.1, 0.15) is 70.4 Å². The Morgan fingerprint density at radius 2 is 1.41 bits per heavy atom. The van der Waals surface area contributed by atoms with E-state index in [1.54, 1.807) is 7.11 Å². The molecule has 0 amide bonds. The van der Waals surface area contributed by atoms with Gasteiger partial charge in [-0.2, -0.15) is 0 Å². The third kappa shape index (κ3) is 5.09. The molecule has 1 N–H and O–H groups in total. The van der Waals surface area contributed by atoms with Crippen LogP contribution in [0, 0.1) is 10.8 Å². The van der Waals surface area contributed by atoms with E-state index in [1.165, 1.54) is 5.56 Å². The van der Waals surface area contributed by atoms with Gasteiger partial charge in [0.2, 0.25) is 0 Å². The lowest BCUT2D eigenvalue weighted by Crippen LogP contribution is -2.42. The molecular weight excluding hydrogens is 462 g/mol. The number of carbonyl (C=O) groups excluding carboxylic acids is 2. The zero-order valence-electron chi connectivity index (χ0n) is 22.6. The average molecular weight is 500 g/mol. The molecule has 5 nitrogen and oxygen atoms in total. The van der Waals surface area contributed by atoms with E-state index < -0.39 is 0 Å². The molecule has 0 saturated carbocycles. The molecule has 194 valence electrons. The predicted molar refractivity (Wildman–Crippen MR) is 145 cm³/mol. The maximum absolute atomic E-state index is 13.5. The largest absolute Gasteiger partial charge is 0.493 e. The van der Waals surface area contributed by atoms with Crippen molar-refractivity contribution >= 4 is 11.6 Å². The number of rotatable bonds is 6. The van der Waals surface area contributed by atoms with Gasteiger partial charge in [-0.3, -0.25) is 9.59 Å². The highest BCUT2D eigenvalue weighted by Gasteiger charge is 2.46. The van der Waals surface area contributed by atoms with Crippen LogP contribution in [0.5, 0.6) is 11.5 Å². The second kappa shape index (κ2) is 9.51. The summed E-state index contributed by atoms with van der Waals surface area (Å²) in [5.41, 5.74) is 5.30. The lowest BCUT2D eigenvalue weighted by molar-refractivity contribution is -0.119. The lowest BCUT2D eigenvalue weighted by Gasteiger charge is -2.44. The van der Waals surface area contributed by atoms with Gasteiger partial charge in [0, 0.05) is 47.7 Å². The van der Waals surface area contributed by atoms with Gasteiger partial charge in [0.1, 0.15) is 0 Å². The Labute approximate surface area is 219 Å². The molecule has 0 atom stereocenters. The van der Waals surface area contributed by atoms with Crippen molar-refractivity contribution in [1.29, 1.82) is 0 Å². The maximum atomic E-state index is 13.5. The highest BCUT2D eigenvalue weighted by atomic mass is 16.5. The summed E-state index contributed by atoms with van der Waals surface area (Å²) in [7, 11) is 1.63. The molecule has 1 heterocycles. The van der Waals surface area contributed by atoms with E-state index in [-0.39, 0.29) is 28.3 Å². The molecule has 37 heavy (non-hydrogen) atoms. The van der Waals surface area contributed by atoms with Gasteiger partial charge < -0.3 is 14.8 Å². The van der Waals surface area contributed by atoms with Crippen LogP contribution in [0.4, 0.5) is 0 Å². The molecule has 0 bridgehead atoms. The van der Waals surface area contributed by atoms with E-state index >= 15 is 0 Å². The monoisotopic (exact) mass is 499 g/mol. The summed E-state index contributed by atoms with van der Waals surface area (Å²) in [6.07, 6.45) is 3.32. The summed E-state index contributed by atoms with van der Waals surface area (Å²) >= 11 is 0. The first kappa shape index (κ1) is 25.3. The number of dihydropyridines is 1. The van der Waals surface area contributed by atoms with E-state index in [4.69, 9.17) is 9.47 Å². The number of hydrogen-bond donors (Lipinski definition) is 1. The van der Waals surface area contributed by atoms with Crippen LogP contribution in [0.3, 0.4) is 0 Å². The fraction of sp³-hybridized carbons (Fsp3) is 0.438. The van der Waals surface area contributed by atoms with Crippen LogP contribution in [0.2, 0.25) is 0 Å². The molecule has 0 saturated heterocycles. The number of ether oxygens (including phenoxy) is 2. The topological polar surface area (TPSA) is 64.6 Å². The molecule has 0 fully saturated rings. The zero-order valence-corrected chi connectivity index (χ0v) is 22.6. The summed E-state index contributed by atoms with van der Waals surface area (Å²) < 4.78 is 11.8. The Kier molecular flexibility index (Phi) is 6.51. The van der Waals surface area contributed by atoms with Crippen molar-refractivity contribution in [3.8, 4) is 11.5 Å². The fourth-order valence-electron chi connectivity index (χ4n) is 6.13. The molecule has 0 unspecified atom stereocenters. The van der Waals surface area contributed by atoms with Crippen LogP contribution < -0.4 is 14.8 Å². The first-order valence-corrected chi connectivity index (χ1v) is 13.2. The minimum Gasteiger partial charge on any atom is -0.493 e. The van der Waals surface area contributed by atoms with Crippen LogP contribution in [-0.4, -0.2) is 25.3 Å². The minimum atomic E-state index is -0.384. The third-order valence-corrected chi connectivity index (χ3v) is 7.73. The maximum Gasteiger partial charge on any atom is 0.162 e. The highest BCUT2D eigenvalue weighted by molar-refractivity contribution is 6.06. The minimum absolute atomic E-state index is 0.117. The Morgan fingerprint density at radius 1 is 0.811 bits per heavy atom. The first-order chi connectivity index (χ1) is 17.6. The van der Waals surface area contributed by atoms with E-state index in [0.29, 0.717) is 30.9 Å². The number of methoxy groups -OCH3 is 1. The highest BCUT2D eigenvalue weighted by Crippen LogP contribution is 2.51. The van der Waals surface area contributed by atoms with E-state index in [0.717, 1.165) is 47.4 Å². The number of Topliss-reactive ketones (excluding diaryl/α,β-unsaturated/α-hetero) is 2. The molecular formula is C32H37NO4. The van der Waals surface area contributed by atoms with Crippen LogP contribution in [-0.2, 0) is 16.0 Å². The van der Waals surface area contributed by atoms with Crippen molar-refractivity contribution in [1.82, 2.24) is 5.32 Å². The number of nitrogens with one attached hydrogen (secondary N) is 1. The summed E-state index contributed by atoms with van der Waals surface area (Å²) in [6.45, 7) is 9.07. The number of ketones is 2. The van der Waals surface area contributed by atoms with Gasteiger partial charge in [0.05, 0.1) is 13.7 Å². The van der Waals surface area contributed by atoms with Crippen molar-refractivity contribution in [3.63, 3.8) is 0 Å². The van der Waals surface area contributed by atoms with Gasteiger partial charge in [0.25, 0.3) is 0 Å². The SMILES string of the molecule is COc1cc(C2C3=C(CC(C)(C)CC3=O)NC3=C2C(=O)CC(C)(C)C3)ccc1OCCc1ccccc1.